The third-order valence-electron chi connectivity index (χ3n) is 4.34. The number of benzene rings is 1. The van der Waals surface area contributed by atoms with Crippen molar-refractivity contribution in [2.75, 3.05) is 42.4 Å². The van der Waals surface area contributed by atoms with Crippen LogP contribution in [-0.4, -0.2) is 47.2 Å². The molecule has 0 aliphatic carbocycles. The molecule has 0 atom stereocenters. The van der Waals surface area contributed by atoms with Crippen LogP contribution in [0, 0.1) is 0 Å². The summed E-state index contributed by atoms with van der Waals surface area (Å²) < 4.78 is 8.60. The average molecular weight is 353 g/mol. The zero-order valence-corrected chi connectivity index (χ0v) is 14.6. The van der Waals surface area contributed by atoms with Gasteiger partial charge in [-0.1, -0.05) is 0 Å². The molecular weight excluding hydrogens is 332 g/mol. The highest BCUT2D eigenvalue weighted by Gasteiger charge is 2.19. The number of fused-ring (bicyclic) bond motifs is 1. The number of imidazole rings is 1. The lowest BCUT2D eigenvalue weighted by molar-refractivity contribution is -0.115. The Morgan fingerprint density at radius 2 is 1.83 bits per heavy atom. The lowest BCUT2D eigenvalue weighted by Gasteiger charge is -2.30. The highest BCUT2D eigenvalue weighted by atomic mass is 35.5. The Kier molecular flexibility index (Phi) is 4.82. The van der Waals surface area contributed by atoms with Crippen LogP contribution in [0.4, 0.5) is 11.4 Å². The number of aryl methyl sites for hydroxylation is 2. The molecule has 0 spiro atoms. The van der Waals surface area contributed by atoms with Crippen molar-refractivity contribution in [3.63, 3.8) is 0 Å². The monoisotopic (exact) mass is 352 g/mol. The Bertz CT molecular complexity index is 821. The van der Waals surface area contributed by atoms with Crippen LogP contribution in [0.25, 0.3) is 11.0 Å². The molecule has 3 rings (SSSR count). The van der Waals surface area contributed by atoms with Gasteiger partial charge in [-0.2, -0.15) is 0 Å². The molecule has 1 aromatic carbocycles. The van der Waals surface area contributed by atoms with Gasteiger partial charge in [0.15, 0.2) is 0 Å². The summed E-state index contributed by atoms with van der Waals surface area (Å²) in [5.41, 5.74) is 3.11. The van der Waals surface area contributed by atoms with Crippen LogP contribution in [-0.2, 0) is 23.6 Å². The van der Waals surface area contributed by atoms with E-state index in [9.17, 15) is 9.59 Å². The number of carbonyl (C=O) groups excluding carboxylic acids is 1. The minimum Gasteiger partial charge on any atom is -0.378 e. The minimum atomic E-state index is -0.139. The number of amides is 1. The second-order valence-corrected chi connectivity index (χ2v) is 6.22. The first-order chi connectivity index (χ1) is 11.5. The van der Waals surface area contributed by atoms with Crippen molar-refractivity contribution in [3.05, 3.63) is 22.6 Å². The molecule has 1 N–H and O–H groups in total. The van der Waals surface area contributed by atoms with Crippen molar-refractivity contribution in [1.29, 1.82) is 0 Å². The van der Waals surface area contributed by atoms with Crippen LogP contribution in [0.3, 0.4) is 0 Å². The molecule has 1 amide bonds. The van der Waals surface area contributed by atoms with Gasteiger partial charge in [0, 0.05) is 39.5 Å². The number of nitrogens with zero attached hydrogens (tertiary/aromatic N) is 3. The Hall–Kier alpha value is -1.99. The maximum atomic E-state index is 12.2. The van der Waals surface area contributed by atoms with E-state index < -0.39 is 0 Å². The van der Waals surface area contributed by atoms with E-state index in [-0.39, 0.29) is 23.9 Å². The maximum absolute atomic E-state index is 12.2. The number of hydrogen-bond acceptors (Lipinski definition) is 4. The molecule has 130 valence electrons. The maximum Gasteiger partial charge on any atom is 0.328 e. The number of nitrogens with one attached hydrogen (secondary N) is 1. The van der Waals surface area contributed by atoms with Crippen molar-refractivity contribution in [1.82, 2.24) is 9.13 Å². The number of aromatic nitrogens is 2. The summed E-state index contributed by atoms with van der Waals surface area (Å²) in [5.74, 6) is 0.130. The molecule has 8 heteroatoms. The predicted octanol–water partition coefficient (Wildman–Crippen LogP) is 1.28. The highest BCUT2D eigenvalue weighted by Crippen LogP contribution is 2.31. The summed E-state index contributed by atoms with van der Waals surface area (Å²) in [5, 5.41) is 2.93. The molecule has 7 nitrogen and oxygen atoms in total. The predicted molar refractivity (Wildman–Crippen MR) is 95.2 cm³/mol. The fraction of sp³-hybridized carbons (Fsp3) is 0.500. The van der Waals surface area contributed by atoms with E-state index in [0.29, 0.717) is 18.9 Å². The quantitative estimate of drug-likeness (QED) is 0.842. The molecule has 2 aromatic rings. The van der Waals surface area contributed by atoms with Crippen molar-refractivity contribution in [2.24, 2.45) is 14.1 Å². The first kappa shape index (κ1) is 16.9. The molecule has 0 radical (unpaired) electrons. The standard InChI is InChI=1S/C16H21ClN4O3/c1-19-13-9-11(18-15(22)3-4-17)12(21-5-7-24-8-6-21)10-14(13)20(2)16(19)23/h9-10H,3-8H2,1-2H3,(H,18,22). The molecule has 1 aromatic heterocycles. The van der Waals surface area contributed by atoms with E-state index in [4.69, 9.17) is 16.3 Å². The van der Waals surface area contributed by atoms with Crippen molar-refractivity contribution in [3.8, 4) is 0 Å². The van der Waals surface area contributed by atoms with Gasteiger partial charge >= 0.3 is 5.69 Å². The number of anilines is 2. The normalized spacial score (nSPS) is 15.0. The van der Waals surface area contributed by atoms with Gasteiger partial charge in [0.1, 0.15) is 0 Å². The Morgan fingerprint density at radius 1 is 1.21 bits per heavy atom. The fourth-order valence-corrected chi connectivity index (χ4v) is 3.17. The number of halogens is 1. The van der Waals surface area contributed by atoms with Gasteiger partial charge in [0.05, 0.1) is 35.6 Å². The van der Waals surface area contributed by atoms with Gasteiger partial charge in [0.2, 0.25) is 5.91 Å². The number of alkyl halides is 1. The molecule has 2 heterocycles. The molecule has 0 unspecified atom stereocenters. The van der Waals surface area contributed by atoms with Crippen LogP contribution in [0.1, 0.15) is 6.42 Å². The molecule has 0 bridgehead atoms. The number of carbonyl (C=O) groups is 1. The van der Waals surface area contributed by atoms with E-state index in [2.05, 4.69) is 10.2 Å². The van der Waals surface area contributed by atoms with Gasteiger partial charge in [0.25, 0.3) is 0 Å². The Morgan fingerprint density at radius 3 is 2.46 bits per heavy atom. The lowest BCUT2D eigenvalue weighted by Crippen LogP contribution is -2.36. The molecular formula is C16H21ClN4O3. The SMILES string of the molecule is Cn1c(=O)n(C)c2cc(N3CCOCC3)c(NC(=O)CCCl)cc21. The molecule has 1 fully saturated rings. The van der Waals surface area contributed by atoms with Gasteiger partial charge in [-0.25, -0.2) is 4.79 Å². The smallest absolute Gasteiger partial charge is 0.328 e. The van der Waals surface area contributed by atoms with Crippen LogP contribution in [0.15, 0.2) is 16.9 Å². The van der Waals surface area contributed by atoms with Gasteiger partial charge in [-0.15, -0.1) is 11.6 Å². The average Bonchev–Trinajstić information content (AvgIpc) is 2.79. The molecule has 1 aliphatic rings. The Balaban J connectivity index is 2.12. The Labute approximate surface area is 144 Å². The summed E-state index contributed by atoms with van der Waals surface area (Å²) in [6, 6.07) is 3.81. The molecule has 1 aliphatic heterocycles. The second kappa shape index (κ2) is 6.86. The number of rotatable bonds is 4. The zero-order valence-electron chi connectivity index (χ0n) is 13.8. The zero-order chi connectivity index (χ0) is 17.3. The summed E-state index contributed by atoms with van der Waals surface area (Å²) in [6.07, 6.45) is 0.246. The first-order valence-corrected chi connectivity index (χ1v) is 8.44. The van der Waals surface area contributed by atoms with Crippen molar-refractivity contribution in [2.45, 2.75) is 6.42 Å². The summed E-state index contributed by atoms with van der Waals surface area (Å²) in [7, 11) is 3.48. The van der Waals surface area contributed by atoms with E-state index in [1.807, 2.05) is 12.1 Å². The number of morpholine rings is 1. The van der Waals surface area contributed by atoms with Crippen LogP contribution in [0.5, 0.6) is 0 Å². The fourth-order valence-electron chi connectivity index (χ4n) is 3.00. The van der Waals surface area contributed by atoms with E-state index in [0.717, 1.165) is 29.8 Å². The largest absolute Gasteiger partial charge is 0.378 e. The van der Waals surface area contributed by atoms with Gasteiger partial charge in [-0.3, -0.25) is 13.9 Å². The van der Waals surface area contributed by atoms with E-state index >= 15 is 0 Å². The second-order valence-electron chi connectivity index (χ2n) is 5.85. The van der Waals surface area contributed by atoms with E-state index in [1.165, 1.54) is 0 Å². The van der Waals surface area contributed by atoms with Crippen LogP contribution < -0.4 is 15.9 Å². The van der Waals surface area contributed by atoms with Gasteiger partial charge < -0.3 is 15.0 Å². The van der Waals surface area contributed by atoms with Crippen LogP contribution in [0.2, 0.25) is 0 Å². The van der Waals surface area contributed by atoms with Crippen LogP contribution >= 0.6 is 11.6 Å². The van der Waals surface area contributed by atoms with E-state index in [1.54, 1.807) is 23.2 Å². The summed E-state index contributed by atoms with van der Waals surface area (Å²) >= 11 is 5.66. The van der Waals surface area contributed by atoms with Crippen molar-refractivity contribution >= 4 is 39.9 Å². The van der Waals surface area contributed by atoms with Crippen molar-refractivity contribution < 1.29 is 9.53 Å². The first-order valence-electron chi connectivity index (χ1n) is 7.91. The number of ether oxygens (including phenoxy) is 1. The minimum absolute atomic E-state index is 0.0952. The summed E-state index contributed by atoms with van der Waals surface area (Å²) in [6.45, 7) is 2.76. The number of hydrogen-bond donors (Lipinski definition) is 1. The lowest BCUT2D eigenvalue weighted by atomic mass is 10.2. The molecule has 0 saturated carbocycles. The topological polar surface area (TPSA) is 68.5 Å². The molecule has 24 heavy (non-hydrogen) atoms. The summed E-state index contributed by atoms with van der Waals surface area (Å²) in [4.78, 5) is 26.4. The highest BCUT2D eigenvalue weighted by molar-refractivity contribution is 6.19. The third-order valence-corrected chi connectivity index (χ3v) is 4.53. The van der Waals surface area contributed by atoms with Gasteiger partial charge in [-0.05, 0) is 12.1 Å². The third kappa shape index (κ3) is 3.01. The molecule has 1 saturated heterocycles.